The number of ether oxygens (including phenoxy) is 2. The molecule has 2 aliphatic heterocycles. The normalized spacial score (nSPS) is 22.6. The van der Waals surface area contributed by atoms with Crippen LogP contribution < -0.4 is 15.1 Å². The Balaban J connectivity index is 1.78. The average Bonchev–Trinajstić information content (AvgIpc) is 3.52. The highest BCUT2D eigenvalue weighted by molar-refractivity contribution is 5.98. The molecule has 3 heterocycles. The zero-order valence-corrected chi connectivity index (χ0v) is 16.7. The maximum Gasteiger partial charge on any atom is 0.343 e. The van der Waals surface area contributed by atoms with E-state index < -0.39 is 17.2 Å². The number of nitrogens with zero attached hydrogens (tertiary/aromatic N) is 3. The predicted octanol–water partition coefficient (Wildman–Crippen LogP) is 3.15. The number of pyridine rings is 1. The molecule has 1 aliphatic carbocycles. The fraction of sp³-hybridized carbons (Fsp3) is 0.500. The Hall–Kier alpha value is -3.08. The van der Waals surface area contributed by atoms with Crippen molar-refractivity contribution in [3.8, 4) is 11.8 Å². The van der Waals surface area contributed by atoms with Crippen molar-refractivity contribution in [2.75, 3.05) is 24.7 Å². The van der Waals surface area contributed by atoms with Crippen molar-refractivity contribution in [3.05, 3.63) is 33.9 Å². The van der Waals surface area contributed by atoms with Gasteiger partial charge in [0.25, 0.3) is 0 Å². The van der Waals surface area contributed by atoms with Gasteiger partial charge >= 0.3 is 5.97 Å². The summed E-state index contributed by atoms with van der Waals surface area (Å²) in [4.78, 5) is 27.4. The summed E-state index contributed by atoms with van der Waals surface area (Å²) in [5.74, 6) is -1.09. The first kappa shape index (κ1) is 18.9. The van der Waals surface area contributed by atoms with Crippen LogP contribution in [0.2, 0.25) is 0 Å². The molecule has 0 radical (unpaired) electrons. The van der Waals surface area contributed by atoms with Gasteiger partial charge in [0.2, 0.25) is 5.43 Å². The van der Waals surface area contributed by atoms with E-state index in [4.69, 9.17) is 9.47 Å². The highest BCUT2D eigenvalue weighted by atomic mass is 19.1. The number of anilines is 1. The number of fused-ring (bicyclic) bond motifs is 5. The van der Waals surface area contributed by atoms with E-state index in [0.29, 0.717) is 42.9 Å². The van der Waals surface area contributed by atoms with Gasteiger partial charge < -0.3 is 18.9 Å². The van der Waals surface area contributed by atoms with E-state index in [1.165, 1.54) is 12.3 Å². The number of hydrogen-bond donors (Lipinski definition) is 0. The molecule has 156 valence electrons. The molecule has 8 heteroatoms. The minimum atomic E-state index is -0.702. The lowest BCUT2D eigenvalue weighted by molar-refractivity contribution is 0.0524. The number of nitriles is 1. The van der Waals surface area contributed by atoms with Gasteiger partial charge in [-0.25, -0.2) is 9.18 Å². The smallest absolute Gasteiger partial charge is 0.343 e. The van der Waals surface area contributed by atoms with Crippen molar-refractivity contribution in [2.24, 2.45) is 5.92 Å². The lowest BCUT2D eigenvalue weighted by Gasteiger charge is -2.26. The van der Waals surface area contributed by atoms with E-state index in [1.807, 2.05) is 9.47 Å². The van der Waals surface area contributed by atoms with Crippen LogP contribution in [0.4, 0.5) is 10.1 Å². The van der Waals surface area contributed by atoms with Crippen LogP contribution in [0.1, 0.15) is 49.0 Å². The van der Waals surface area contributed by atoms with E-state index in [9.17, 15) is 14.9 Å². The lowest BCUT2D eigenvalue weighted by Crippen LogP contribution is -2.29. The largest absolute Gasteiger partial charge is 0.489 e. The molecule has 7 nitrogen and oxygen atoms in total. The molecule has 2 atom stereocenters. The number of benzene rings is 1. The third-order valence-electron chi connectivity index (χ3n) is 6.22. The Kier molecular flexibility index (Phi) is 4.42. The van der Waals surface area contributed by atoms with Crippen LogP contribution in [0.5, 0.6) is 5.75 Å². The Bertz CT molecular complexity index is 1150. The summed E-state index contributed by atoms with van der Waals surface area (Å²) in [7, 11) is 0. The quantitative estimate of drug-likeness (QED) is 0.722. The summed E-state index contributed by atoms with van der Waals surface area (Å²) in [6.07, 6.45) is 4.72. The number of esters is 1. The van der Waals surface area contributed by atoms with E-state index in [0.717, 1.165) is 12.8 Å². The summed E-state index contributed by atoms with van der Waals surface area (Å²) in [5.41, 5.74) is 0.198. The number of carbonyl (C=O) groups is 1. The highest BCUT2D eigenvalue weighted by Crippen LogP contribution is 2.47. The van der Waals surface area contributed by atoms with Crippen molar-refractivity contribution in [1.29, 1.82) is 5.26 Å². The van der Waals surface area contributed by atoms with Crippen LogP contribution in [0, 0.1) is 23.1 Å². The van der Waals surface area contributed by atoms with Crippen molar-refractivity contribution < 1.29 is 18.7 Å². The van der Waals surface area contributed by atoms with Gasteiger partial charge in [-0.05, 0) is 32.3 Å². The summed E-state index contributed by atoms with van der Waals surface area (Å²) in [6.45, 7) is 2.64. The molecule has 0 N–H and O–H groups in total. The Labute approximate surface area is 172 Å². The topological polar surface area (TPSA) is 84.6 Å². The fourth-order valence-electron chi connectivity index (χ4n) is 4.70. The van der Waals surface area contributed by atoms with Crippen LogP contribution in [-0.4, -0.2) is 36.3 Å². The van der Waals surface area contributed by atoms with Crippen molar-refractivity contribution in [2.45, 2.75) is 44.7 Å². The SMILES string of the molecule is CCOC(=O)c1cn(C2CC2)c2c3c(c(F)cc2c1=O)N1C[C@@H](C#N)C[C@@H]1CCO3. The Morgan fingerprint density at radius 1 is 1.37 bits per heavy atom. The first-order valence-corrected chi connectivity index (χ1v) is 10.4. The maximum absolute atomic E-state index is 15.4. The number of halogens is 1. The average molecular weight is 411 g/mol. The van der Waals surface area contributed by atoms with Crippen LogP contribution in [-0.2, 0) is 4.74 Å². The molecule has 1 saturated carbocycles. The van der Waals surface area contributed by atoms with Crippen molar-refractivity contribution in [3.63, 3.8) is 0 Å². The Morgan fingerprint density at radius 3 is 2.87 bits per heavy atom. The standard InChI is InChI=1S/C22H22FN3O4/c1-2-29-22(28)16-11-26(13-3-4-13)18-15(20(16)27)8-17(23)19-21(18)30-6-5-14-7-12(9-24)10-25(14)19/h8,11-14H,2-7,10H2,1H3/t12-,14+/m1/s1. The molecule has 1 aromatic carbocycles. The molecule has 0 unspecified atom stereocenters. The molecule has 2 aromatic rings. The molecule has 0 amide bonds. The number of aromatic nitrogens is 1. The fourth-order valence-corrected chi connectivity index (χ4v) is 4.70. The van der Waals surface area contributed by atoms with Crippen LogP contribution >= 0.6 is 0 Å². The van der Waals surface area contributed by atoms with E-state index in [1.54, 1.807) is 6.92 Å². The Morgan fingerprint density at radius 2 is 2.17 bits per heavy atom. The van der Waals surface area contributed by atoms with E-state index >= 15 is 4.39 Å². The maximum atomic E-state index is 15.4. The molecule has 30 heavy (non-hydrogen) atoms. The zero-order valence-electron chi connectivity index (χ0n) is 16.7. The monoisotopic (exact) mass is 411 g/mol. The molecule has 3 aliphatic rings. The molecule has 0 bridgehead atoms. The molecule has 2 fully saturated rings. The lowest BCUT2D eigenvalue weighted by atomic mass is 10.1. The zero-order chi connectivity index (χ0) is 21.0. The molecular formula is C22H22FN3O4. The highest BCUT2D eigenvalue weighted by Gasteiger charge is 2.39. The van der Waals surface area contributed by atoms with Crippen molar-refractivity contribution >= 4 is 22.6 Å². The first-order chi connectivity index (χ1) is 14.5. The summed E-state index contributed by atoms with van der Waals surface area (Å²) in [6, 6.07) is 3.67. The van der Waals surface area contributed by atoms with Gasteiger partial charge in [0.15, 0.2) is 11.6 Å². The van der Waals surface area contributed by atoms with Crippen LogP contribution in [0.15, 0.2) is 17.1 Å². The van der Waals surface area contributed by atoms with E-state index in [-0.39, 0.29) is 35.6 Å². The number of rotatable bonds is 3. The predicted molar refractivity (Wildman–Crippen MR) is 107 cm³/mol. The summed E-state index contributed by atoms with van der Waals surface area (Å²) in [5, 5.41) is 9.49. The number of hydrogen-bond acceptors (Lipinski definition) is 6. The minimum absolute atomic E-state index is 0.0303. The second-order valence-electron chi connectivity index (χ2n) is 8.17. The first-order valence-electron chi connectivity index (χ1n) is 10.4. The summed E-state index contributed by atoms with van der Waals surface area (Å²) < 4.78 is 28.3. The van der Waals surface area contributed by atoms with Gasteiger partial charge in [-0.2, -0.15) is 5.26 Å². The second kappa shape index (κ2) is 7.01. The molecule has 1 saturated heterocycles. The van der Waals surface area contributed by atoms with E-state index in [2.05, 4.69) is 6.07 Å². The van der Waals surface area contributed by atoms with Gasteiger partial charge in [-0.15, -0.1) is 0 Å². The van der Waals surface area contributed by atoms with Gasteiger partial charge in [0, 0.05) is 31.2 Å². The molecule has 1 aromatic heterocycles. The van der Waals surface area contributed by atoms with Crippen molar-refractivity contribution in [1.82, 2.24) is 4.57 Å². The molecule has 0 spiro atoms. The molecular weight excluding hydrogens is 389 g/mol. The van der Waals surface area contributed by atoms with Gasteiger partial charge in [-0.3, -0.25) is 4.79 Å². The third-order valence-corrected chi connectivity index (χ3v) is 6.22. The van der Waals surface area contributed by atoms with Gasteiger partial charge in [-0.1, -0.05) is 0 Å². The molecule has 5 rings (SSSR count). The minimum Gasteiger partial charge on any atom is -0.489 e. The summed E-state index contributed by atoms with van der Waals surface area (Å²) >= 11 is 0. The number of carbonyl (C=O) groups excluding carboxylic acids is 1. The van der Waals surface area contributed by atoms with Gasteiger partial charge in [0.05, 0.1) is 36.1 Å². The van der Waals surface area contributed by atoms with Crippen LogP contribution in [0.3, 0.4) is 0 Å². The van der Waals surface area contributed by atoms with Crippen LogP contribution in [0.25, 0.3) is 10.9 Å². The third kappa shape index (κ3) is 2.83. The van der Waals surface area contributed by atoms with Gasteiger partial charge in [0.1, 0.15) is 11.3 Å². The second-order valence-corrected chi connectivity index (χ2v) is 8.17.